The molecule has 0 aliphatic carbocycles. The van der Waals surface area contributed by atoms with Crippen molar-refractivity contribution in [2.24, 2.45) is 0 Å². The van der Waals surface area contributed by atoms with Gasteiger partial charge in [-0.05, 0) is 68.8 Å². The van der Waals surface area contributed by atoms with E-state index < -0.39 is 23.6 Å². The van der Waals surface area contributed by atoms with Gasteiger partial charge in [0.25, 0.3) is 0 Å². The molecule has 0 bridgehead atoms. The largest absolute Gasteiger partial charge is 0.444 e. The van der Waals surface area contributed by atoms with E-state index in [0.717, 1.165) is 11.1 Å². The molecule has 3 N–H and O–H groups in total. The van der Waals surface area contributed by atoms with E-state index in [4.69, 9.17) is 27.9 Å². The number of rotatable bonds is 9. The molecular weight excluding hydrogens is 567 g/mol. The van der Waals surface area contributed by atoms with Crippen molar-refractivity contribution in [3.8, 4) is 16.9 Å². The second kappa shape index (κ2) is 13.0. The normalized spacial score (nSPS) is 12.3. The van der Waals surface area contributed by atoms with Crippen LogP contribution in [-0.4, -0.2) is 54.3 Å². The van der Waals surface area contributed by atoms with Gasteiger partial charge >= 0.3 is 6.09 Å². The molecular formula is C28H30Cl2N8O3. The Bertz CT molecular complexity index is 1530. The van der Waals surface area contributed by atoms with E-state index in [0.29, 0.717) is 39.4 Å². The number of ether oxygens (including phenoxy) is 1. The van der Waals surface area contributed by atoms with Crippen LogP contribution in [-0.2, 0) is 9.53 Å². The third-order valence-electron chi connectivity index (χ3n) is 5.75. The van der Waals surface area contributed by atoms with Crippen LogP contribution in [0.4, 0.5) is 4.79 Å². The van der Waals surface area contributed by atoms with Gasteiger partial charge in [-0.3, -0.25) is 4.79 Å². The Labute approximate surface area is 247 Å². The lowest BCUT2D eigenvalue weighted by Gasteiger charge is -2.20. The van der Waals surface area contributed by atoms with E-state index in [-0.39, 0.29) is 6.54 Å². The molecule has 0 aliphatic heterocycles. The summed E-state index contributed by atoms with van der Waals surface area (Å²) >= 11 is 12.7. The van der Waals surface area contributed by atoms with Gasteiger partial charge in [0, 0.05) is 28.8 Å². The summed E-state index contributed by atoms with van der Waals surface area (Å²) in [5, 5.41) is 17.7. The number of alkyl carbamates (subject to hydrolysis) is 1. The Balaban J connectivity index is 1.54. The van der Waals surface area contributed by atoms with E-state index in [2.05, 4.69) is 36.1 Å². The molecule has 0 aliphatic rings. The molecule has 4 rings (SSSR count). The highest BCUT2D eigenvalue weighted by molar-refractivity contribution is 6.32. The standard InChI is InChI=1S/C28H30Cl2N8O3/c1-17-5-7-18(8-6-17)24-25(30)35-26(34-24)21(13-14-31-27(40)41-28(2,3)4)33-23(39)12-9-19-15-20(29)10-11-22(19)38-16-32-36-37-38/h5-12,15-16,21H,13-14H2,1-4H3,(H,31,40)(H,33,39)(H,34,35)/b12-9+/t21-/m0/s1. The minimum Gasteiger partial charge on any atom is -0.444 e. The van der Waals surface area contributed by atoms with E-state index in [1.165, 1.54) is 17.1 Å². The van der Waals surface area contributed by atoms with Crippen molar-refractivity contribution in [3.05, 3.63) is 82.0 Å². The van der Waals surface area contributed by atoms with Crippen LogP contribution in [0.15, 0.2) is 54.9 Å². The molecule has 1 atom stereocenters. The first-order valence-corrected chi connectivity index (χ1v) is 13.5. The smallest absolute Gasteiger partial charge is 0.407 e. The van der Waals surface area contributed by atoms with Gasteiger partial charge < -0.3 is 20.4 Å². The van der Waals surface area contributed by atoms with Gasteiger partial charge in [-0.2, -0.15) is 4.68 Å². The number of aromatic amines is 1. The second-order valence-electron chi connectivity index (χ2n) is 10.2. The second-order valence-corrected chi connectivity index (χ2v) is 11.0. The van der Waals surface area contributed by atoms with E-state index >= 15 is 0 Å². The molecule has 11 nitrogen and oxygen atoms in total. The number of nitrogens with one attached hydrogen (secondary N) is 3. The molecule has 4 aromatic rings. The van der Waals surface area contributed by atoms with Crippen molar-refractivity contribution in [1.29, 1.82) is 0 Å². The molecule has 0 saturated heterocycles. The number of carbonyl (C=O) groups is 2. The zero-order valence-electron chi connectivity index (χ0n) is 23.0. The third-order valence-corrected chi connectivity index (χ3v) is 6.26. The highest BCUT2D eigenvalue weighted by Gasteiger charge is 2.22. The first-order chi connectivity index (χ1) is 19.5. The minimum absolute atomic E-state index is 0.208. The fourth-order valence-electron chi connectivity index (χ4n) is 3.87. The molecule has 2 amide bonds. The van der Waals surface area contributed by atoms with Crippen LogP contribution >= 0.6 is 23.2 Å². The number of amides is 2. The summed E-state index contributed by atoms with van der Waals surface area (Å²) in [6.45, 7) is 7.55. The predicted octanol–water partition coefficient (Wildman–Crippen LogP) is 5.45. The number of nitrogens with zero attached hydrogens (tertiary/aromatic N) is 5. The highest BCUT2D eigenvalue weighted by atomic mass is 35.5. The maximum atomic E-state index is 13.1. The Hall–Kier alpha value is -4.22. The maximum Gasteiger partial charge on any atom is 0.407 e. The van der Waals surface area contributed by atoms with E-state index in [1.807, 2.05) is 31.2 Å². The number of aryl methyl sites for hydroxylation is 1. The zero-order chi connectivity index (χ0) is 29.6. The molecule has 0 fully saturated rings. The number of benzene rings is 2. The monoisotopic (exact) mass is 596 g/mol. The SMILES string of the molecule is Cc1ccc(-c2nc([C@H](CCNC(=O)OC(C)(C)C)NC(=O)/C=C/c3cc(Cl)ccc3-n3cnnn3)[nH]c2Cl)cc1. The highest BCUT2D eigenvalue weighted by Crippen LogP contribution is 2.28. The number of imidazole rings is 1. The molecule has 2 aromatic carbocycles. The molecule has 0 spiro atoms. The van der Waals surface area contributed by atoms with Crippen molar-refractivity contribution in [2.75, 3.05) is 6.54 Å². The van der Waals surface area contributed by atoms with Crippen molar-refractivity contribution in [3.63, 3.8) is 0 Å². The molecule has 2 heterocycles. The quantitative estimate of drug-likeness (QED) is 0.218. The predicted molar refractivity (Wildman–Crippen MR) is 157 cm³/mol. The average Bonchev–Trinajstić information content (AvgIpc) is 3.57. The molecule has 2 aromatic heterocycles. The van der Waals surface area contributed by atoms with Gasteiger partial charge in [-0.1, -0.05) is 53.0 Å². The van der Waals surface area contributed by atoms with Gasteiger partial charge in [0.15, 0.2) is 0 Å². The topological polar surface area (TPSA) is 140 Å². The van der Waals surface area contributed by atoms with Crippen LogP contribution in [0.3, 0.4) is 0 Å². The van der Waals surface area contributed by atoms with Crippen molar-refractivity contribution in [2.45, 2.75) is 45.8 Å². The fourth-order valence-corrected chi connectivity index (χ4v) is 4.30. The Morgan fingerprint density at radius 2 is 1.90 bits per heavy atom. The van der Waals surface area contributed by atoms with Crippen molar-refractivity contribution in [1.82, 2.24) is 40.8 Å². The number of halogens is 2. The summed E-state index contributed by atoms with van der Waals surface area (Å²) in [6, 6.07) is 12.3. The maximum absolute atomic E-state index is 13.1. The Kier molecular flexibility index (Phi) is 9.41. The van der Waals surface area contributed by atoms with Gasteiger partial charge in [0.1, 0.15) is 28.6 Å². The summed E-state index contributed by atoms with van der Waals surface area (Å²) in [4.78, 5) is 33.0. The summed E-state index contributed by atoms with van der Waals surface area (Å²) in [5.74, 6) is 0.0368. The summed E-state index contributed by atoms with van der Waals surface area (Å²) < 4.78 is 6.78. The van der Waals surface area contributed by atoms with Gasteiger partial charge in [0.05, 0.1) is 11.7 Å². The van der Waals surface area contributed by atoms with Gasteiger partial charge in [0.2, 0.25) is 5.91 Å². The van der Waals surface area contributed by atoms with Crippen LogP contribution in [0.25, 0.3) is 23.0 Å². The number of aromatic nitrogens is 6. The lowest BCUT2D eigenvalue weighted by Crippen LogP contribution is -2.35. The number of hydrogen-bond acceptors (Lipinski definition) is 7. The number of tetrazole rings is 1. The first kappa shape index (κ1) is 29.8. The Morgan fingerprint density at radius 3 is 2.59 bits per heavy atom. The fraction of sp³-hybridized carbons (Fsp3) is 0.286. The van der Waals surface area contributed by atoms with Crippen LogP contribution in [0, 0.1) is 6.92 Å². The lowest BCUT2D eigenvalue weighted by molar-refractivity contribution is -0.117. The molecule has 41 heavy (non-hydrogen) atoms. The van der Waals surface area contributed by atoms with Crippen LogP contribution in [0.2, 0.25) is 10.2 Å². The molecule has 214 valence electrons. The molecule has 13 heteroatoms. The van der Waals surface area contributed by atoms with Gasteiger partial charge in [-0.25, -0.2) is 9.78 Å². The molecule has 0 unspecified atom stereocenters. The number of H-pyrrole nitrogens is 1. The summed E-state index contributed by atoms with van der Waals surface area (Å²) in [6.07, 6.45) is 4.18. The zero-order valence-corrected chi connectivity index (χ0v) is 24.5. The molecule has 0 saturated carbocycles. The van der Waals surface area contributed by atoms with Gasteiger partial charge in [-0.15, -0.1) is 5.10 Å². The first-order valence-electron chi connectivity index (χ1n) is 12.8. The average molecular weight is 598 g/mol. The van der Waals surface area contributed by atoms with Crippen molar-refractivity contribution < 1.29 is 14.3 Å². The van der Waals surface area contributed by atoms with Crippen LogP contribution in [0.5, 0.6) is 0 Å². The summed E-state index contributed by atoms with van der Waals surface area (Å²) in [7, 11) is 0. The number of carbonyl (C=O) groups excluding carboxylic acids is 2. The third kappa shape index (κ3) is 8.38. The van der Waals surface area contributed by atoms with Crippen LogP contribution in [0.1, 0.15) is 50.2 Å². The number of hydrogen-bond donors (Lipinski definition) is 3. The summed E-state index contributed by atoms with van der Waals surface area (Å²) in [5.41, 5.74) is 3.13. The van der Waals surface area contributed by atoms with Crippen molar-refractivity contribution >= 4 is 41.3 Å². The van der Waals surface area contributed by atoms with E-state index in [1.54, 1.807) is 45.0 Å². The lowest BCUT2D eigenvalue weighted by atomic mass is 10.1. The molecule has 0 radical (unpaired) electrons. The Morgan fingerprint density at radius 1 is 1.15 bits per heavy atom. The van der Waals surface area contributed by atoms with Crippen LogP contribution < -0.4 is 10.6 Å². The minimum atomic E-state index is -0.637. The van der Waals surface area contributed by atoms with E-state index in [9.17, 15) is 9.59 Å².